The average Bonchev–Trinajstić information content (AvgIpc) is 1.89. The molecule has 0 aromatic heterocycles. The number of hydrogen-bond acceptors (Lipinski definition) is 3. The Hall–Kier alpha value is -0.410. The normalized spacial score (nSPS) is 10.7. The van der Waals surface area contributed by atoms with E-state index in [1.54, 1.807) is 6.92 Å². The van der Waals surface area contributed by atoms with Crippen LogP contribution in [0.1, 0.15) is 41.0 Å². The zero-order chi connectivity index (χ0) is 10.4. The monoisotopic (exact) mass is 176 g/mol. The number of hydrogen-bond donors (Lipinski definition) is 2. The summed E-state index contributed by atoms with van der Waals surface area (Å²) < 4.78 is 0. The lowest BCUT2D eigenvalue weighted by atomic mass is 9.81. The molecule has 0 spiro atoms. The second kappa shape index (κ2) is 6.14. The fourth-order valence-corrected chi connectivity index (χ4v) is 1.16. The molecule has 0 radical (unpaired) electrons. The van der Waals surface area contributed by atoms with Crippen molar-refractivity contribution in [1.29, 1.82) is 0 Å². The minimum atomic E-state index is -0.117. The van der Waals surface area contributed by atoms with Gasteiger partial charge < -0.3 is 0 Å². The van der Waals surface area contributed by atoms with E-state index < -0.39 is 0 Å². The molecule has 0 saturated heterocycles. The maximum atomic E-state index is 11.0. The fourth-order valence-electron chi connectivity index (χ4n) is 1.16. The largest absolute Gasteiger partial charge is 0.299 e. The van der Waals surface area contributed by atoms with Crippen molar-refractivity contribution >= 4 is 5.78 Å². The van der Waals surface area contributed by atoms with Crippen LogP contribution in [0.25, 0.3) is 0 Å². The van der Waals surface area contributed by atoms with Gasteiger partial charge in [0.2, 0.25) is 0 Å². The first-order valence-electron chi connectivity index (χ1n) is 4.07. The molecule has 0 aromatic rings. The van der Waals surface area contributed by atoms with Gasteiger partial charge in [-0.1, -0.05) is 27.7 Å². The first kappa shape index (κ1) is 14.1. The predicted molar refractivity (Wildman–Crippen MR) is 49.2 cm³/mol. The summed E-state index contributed by atoms with van der Waals surface area (Å²) in [5.41, 5.74) is -0.117. The van der Waals surface area contributed by atoms with Gasteiger partial charge in [0.05, 0.1) is 0 Å². The summed E-state index contributed by atoms with van der Waals surface area (Å²) in [6.07, 6.45) is 0.988. The van der Waals surface area contributed by atoms with Gasteiger partial charge in [0.1, 0.15) is 5.78 Å². The molecule has 0 aliphatic heterocycles. The van der Waals surface area contributed by atoms with E-state index in [0.717, 1.165) is 6.42 Å². The van der Waals surface area contributed by atoms with Gasteiger partial charge in [-0.3, -0.25) is 15.3 Å². The summed E-state index contributed by atoms with van der Waals surface area (Å²) in [6.45, 7) is 9.97. The van der Waals surface area contributed by atoms with Gasteiger partial charge in [0.15, 0.2) is 0 Å². The molecule has 74 valence electrons. The van der Waals surface area contributed by atoms with Crippen molar-refractivity contribution in [3.63, 3.8) is 0 Å². The van der Waals surface area contributed by atoms with Gasteiger partial charge in [0.25, 0.3) is 0 Å². The Balaban J connectivity index is 0. The molecule has 0 unspecified atom stereocenters. The number of carbonyl (C=O) groups excluding carboxylic acids is 1. The molecular weight excluding hydrogens is 156 g/mol. The van der Waals surface area contributed by atoms with Gasteiger partial charge in [-0.05, 0) is 19.3 Å². The maximum Gasteiger partial charge on any atom is 0.135 e. The SMILES string of the molecule is CC(=O)C(C)(C)CC(C)C.OO. The molecule has 3 nitrogen and oxygen atoms in total. The Morgan fingerprint density at radius 3 is 1.75 bits per heavy atom. The van der Waals surface area contributed by atoms with Crippen LogP contribution in [0.4, 0.5) is 0 Å². The summed E-state index contributed by atoms with van der Waals surface area (Å²) in [7, 11) is 0. The quantitative estimate of drug-likeness (QED) is 0.513. The maximum absolute atomic E-state index is 11.0. The van der Waals surface area contributed by atoms with Crippen LogP contribution >= 0.6 is 0 Å². The van der Waals surface area contributed by atoms with Crippen LogP contribution in [-0.4, -0.2) is 16.3 Å². The van der Waals surface area contributed by atoms with Crippen molar-refractivity contribution < 1.29 is 15.3 Å². The Kier molecular flexibility index (Phi) is 7.24. The van der Waals surface area contributed by atoms with Gasteiger partial charge in [-0.15, -0.1) is 0 Å². The lowest BCUT2D eigenvalue weighted by Crippen LogP contribution is -2.23. The van der Waals surface area contributed by atoms with E-state index in [1.807, 2.05) is 13.8 Å². The third kappa shape index (κ3) is 6.31. The zero-order valence-electron chi connectivity index (χ0n) is 8.59. The molecule has 12 heavy (non-hydrogen) atoms. The van der Waals surface area contributed by atoms with Crippen LogP contribution in [0.3, 0.4) is 0 Å². The third-order valence-electron chi connectivity index (χ3n) is 1.87. The van der Waals surface area contributed by atoms with Crippen LogP contribution in [0.2, 0.25) is 0 Å². The molecule has 0 aromatic carbocycles. The fraction of sp³-hybridized carbons (Fsp3) is 0.889. The second-order valence-electron chi connectivity index (χ2n) is 4.04. The molecule has 2 N–H and O–H groups in total. The van der Waals surface area contributed by atoms with Crippen LogP contribution < -0.4 is 0 Å². The van der Waals surface area contributed by atoms with E-state index in [4.69, 9.17) is 10.5 Å². The Bertz CT molecular complexity index is 128. The van der Waals surface area contributed by atoms with Crippen LogP contribution in [-0.2, 0) is 4.79 Å². The summed E-state index contributed by atoms with van der Waals surface area (Å²) in [5, 5.41) is 12.0. The molecule has 0 aliphatic rings. The first-order valence-corrected chi connectivity index (χ1v) is 4.07. The van der Waals surface area contributed by atoms with Crippen molar-refractivity contribution in [2.24, 2.45) is 11.3 Å². The molecule has 0 fully saturated rings. The molecule has 0 amide bonds. The van der Waals surface area contributed by atoms with Crippen LogP contribution in [0.15, 0.2) is 0 Å². The predicted octanol–water partition coefficient (Wildman–Crippen LogP) is 2.67. The lowest BCUT2D eigenvalue weighted by Gasteiger charge is -2.22. The summed E-state index contributed by atoms with van der Waals surface area (Å²) >= 11 is 0. The van der Waals surface area contributed by atoms with Crippen molar-refractivity contribution in [2.75, 3.05) is 0 Å². The second-order valence-corrected chi connectivity index (χ2v) is 4.04. The van der Waals surface area contributed by atoms with E-state index in [2.05, 4.69) is 13.8 Å². The molecular formula is C9H20O3. The Morgan fingerprint density at radius 2 is 1.67 bits per heavy atom. The van der Waals surface area contributed by atoms with Gasteiger partial charge >= 0.3 is 0 Å². The molecule has 0 atom stereocenters. The van der Waals surface area contributed by atoms with E-state index in [9.17, 15) is 4.79 Å². The van der Waals surface area contributed by atoms with E-state index in [1.165, 1.54) is 0 Å². The van der Waals surface area contributed by atoms with E-state index >= 15 is 0 Å². The summed E-state index contributed by atoms with van der Waals surface area (Å²) in [6, 6.07) is 0. The van der Waals surface area contributed by atoms with Crippen molar-refractivity contribution in [1.82, 2.24) is 0 Å². The molecule has 0 bridgehead atoms. The number of Topliss-reactive ketones (excluding diaryl/α,β-unsaturated/α-hetero) is 1. The van der Waals surface area contributed by atoms with Gasteiger partial charge in [-0.25, -0.2) is 0 Å². The Morgan fingerprint density at radius 1 is 1.33 bits per heavy atom. The number of carbonyl (C=O) groups is 1. The number of ketones is 1. The molecule has 0 heterocycles. The topological polar surface area (TPSA) is 57.5 Å². The highest BCUT2D eigenvalue weighted by molar-refractivity contribution is 5.81. The minimum absolute atomic E-state index is 0.117. The highest BCUT2D eigenvalue weighted by Gasteiger charge is 2.24. The standard InChI is InChI=1S/C9H18O.H2O2/c1-7(2)6-9(4,5)8(3)10;1-2/h7H,6H2,1-5H3;1-2H. The minimum Gasteiger partial charge on any atom is -0.299 e. The van der Waals surface area contributed by atoms with Crippen molar-refractivity contribution in [3.05, 3.63) is 0 Å². The first-order chi connectivity index (χ1) is 5.36. The zero-order valence-corrected chi connectivity index (χ0v) is 8.59. The highest BCUT2D eigenvalue weighted by Crippen LogP contribution is 2.25. The average molecular weight is 176 g/mol. The van der Waals surface area contributed by atoms with E-state index in [-0.39, 0.29) is 5.41 Å². The highest BCUT2D eigenvalue weighted by atomic mass is 17.0. The Labute approximate surface area is 74.3 Å². The molecule has 0 saturated carbocycles. The lowest BCUT2D eigenvalue weighted by molar-refractivity contribution is -0.176. The van der Waals surface area contributed by atoms with E-state index in [0.29, 0.717) is 11.7 Å². The van der Waals surface area contributed by atoms with Crippen molar-refractivity contribution in [3.8, 4) is 0 Å². The molecule has 3 heteroatoms. The smallest absolute Gasteiger partial charge is 0.135 e. The number of rotatable bonds is 3. The van der Waals surface area contributed by atoms with Crippen LogP contribution in [0.5, 0.6) is 0 Å². The molecule has 0 rings (SSSR count). The van der Waals surface area contributed by atoms with Crippen molar-refractivity contribution in [2.45, 2.75) is 41.0 Å². The third-order valence-corrected chi connectivity index (χ3v) is 1.87. The summed E-state index contributed by atoms with van der Waals surface area (Å²) in [4.78, 5) is 11.0. The van der Waals surface area contributed by atoms with Crippen LogP contribution in [0, 0.1) is 11.3 Å². The summed E-state index contributed by atoms with van der Waals surface area (Å²) in [5.74, 6) is 0.903. The molecule has 0 aliphatic carbocycles. The van der Waals surface area contributed by atoms with Gasteiger partial charge in [0, 0.05) is 5.41 Å². The van der Waals surface area contributed by atoms with Gasteiger partial charge in [-0.2, -0.15) is 0 Å².